The number of carbonyl (C=O) groups excluding carboxylic acids is 8. The highest BCUT2D eigenvalue weighted by Crippen LogP contribution is 2.54. The zero-order chi connectivity index (χ0) is 82.4. The van der Waals surface area contributed by atoms with E-state index < -0.39 is 0 Å². The third-order valence-electron chi connectivity index (χ3n) is 27.7. The molecule has 118 heavy (non-hydrogen) atoms. The van der Waals surface area contributed by atoms with Gasteiger partial charge < -0.3 is 0 Å². The van der Waals surface area contributed by atoms with Gasteiger partial charge in [-0.25, -0.2) is 0 Å². The van der Waals surface area contributed by atoms with Crippen LogP contribution in [0.4, 0.5) is 0 Å². The number of unbranched alkanes of at least 4 members (excludes halogenated alkanes) is 24. The Labute approximate surface area is 699 Å². The number of carbonyl (C=O) groups is 8. The van der Waals surface area contributed by atoms with Gasteiger partial charge in [0.1, 0.15) is 0 Å². The van der Waals surface area contributed by atoms with Gasteiger partial charge in [-0.1, -0.05) is 315 Å². The van der Waals surface area contributed by atoms with E-state index in [1.807, 2.05) is 78.9 Å². The molecule has 0 spiro atoms. The largest absolute Gasteiger partial charge is 0.271 e. The molecule has 8 amide bonds. The third kappa shape index (κ3) is 15.3. The number of hydrogen-bond donors (Lipinski definition) is 0. The second-order valence-electron chi connectivity index (χ2n) is 35.6. The van der Waals surface area contributed by atoms with Crippen LogP contribution in [0.5, 0.6) is 0 Å². The Morgan fingerprint density at radius 2 is 0.390 bits per heavy atom. The van der Waals surface area contributed by atoms with Crippen molar-refractivity contribution in [2.75, 3.05) is 0 Å². The highest BCUT2D eigenvalue weighted by Gasteiger charge is 2.45. The van der Waals surface area contributed by atoms with Gasteiger partial charge in [0.05, 0.1) is 0 Å². The van der Waals surface area contributed by atoms with Crippen molar-refractivity contribution in [3.63, 3.8) is 0 Å². The summed E-state index contributed by atoms with van der Waals surface area (Å²) in [5.74, 6) is -2.31. The van der Waals surface area contributed by atoms with E-state index >= 15 is 38.4 Å². The standard InChI is InChI=1S/C106H126N4O8/c1-9-17-25-33-44-69(45-34-26-18-10-2)107-99(111)79-58-52-73-75-54-60-83-95-87(105(117)109(103(83)115)71(48-37-29-21-13-5)49-38-30-22-14-6)65-85(91(97(75)95)77-56-62-81(101(107)113)93(79)89(73)77)67-42-41-43-68(64-67)86-66-88-96-84(104(116)110(106(88)118)72(50-39-31-23-15-7)51-40-32-24-16-8)61-55-76-74-53-59-80-94-82(63-57-78(90(74)94)92(86)98(76)96)102(114)108(100(80)112)70(46-35-27-19-11-3)47-36-28-20-12-4/h41-43,52-66,69-72H,9-40,44-51H2,1-8H3. The van der Waals surface area contributed by atoms with Crippen LogP contribution >= 0.6 is 0 Å². The predicted octanol–water partition coefficient (Wildman–Crippen LogP) is 28.7. The van der Waals surface area contributed by atoms with E-state index in [0.717, 1.165) is 318 Å². The van der Waals surface area contributed by atoms with Crippen LogP contribution in [0, 0.1) is 0 Å². The molecular formula is C106H126N4O8. The van der Waals surface area contributed by atoms with E-state index in [1.54, 1.807) is 19.6 Å². The fourth-order valence-electron chi connectivity index (χ4n) is 21.5. The molecule has 0 saturated carbocycles. The van der Waals surface area contributed by atoms with Gasteiger partial charge in [0.25, 0.3) is 47.3 Å². The minimum atomic E-state index is -0.319. The van der Waals surface area contributed by atoms with Gasteiger partial charge in [-0.3, -0.25) is 58.0 Å². The molecule has 0 bridgehead atoms. The normalized spacial score (nSPS) is 14.5. The number of amides is 8. The number of nitrogens with zero attached hydrogens (tertiary/aromatic N) is 4. The topological polar surface area (TPSA) is 150 Å². The quantitative estimate of drug-likeness (QED) is 0.0158. The molecule has 4 heterocycles. The highest BCUT2D eigenvalue weighted by atomic mass is 16.2. The first-order valence-electron chi connectivity index (χ1n) is 46.8. The minimum Gasteiger partial charge on any atom is -0.271 e. The Kier molecular flexibility index (Phi) is 26.6. The monoisotopic (exact) mass is 1580 g/mol. The van der Waals surface area contributed by atoms with Gasteiger partial charge in [-0.05, 0) is 193 Å². The molecule has 0 N–H and O–H groups in total. The van der Waals surface area contributed by atoms with Crippen LogP contribution in [0.25, 0.3) is 108 Å². The maximum atomic E-state index is 16.4. The zero-order valence-corrected chi connectivity index (χ0v) is 72.0. The molecular weight excluding hydrogens is 1460 g/mol. The Balaban J connectivity index is 0.975. The number of hydrogen-bond acceptors (Lipinski definition) is 8. The second-order valence-corrected chi connectivity index (χ2v) is 35.6. The van der Waals surface area contributed by atoms with Crippen LogP contribution in [-0.4, -0.2) is 91.0 Å². The van der Waals surface area contributed by atoms with E-state index in [9.17, 15) is 0 Å². The minimum absolute atomic E-state index is 0.251. The number of rotatable bonds is 46. The molecule has 618 valence electrons. The van der Waals surface area contributed by atoms with Crippen molar-refractivity contribution in [1.82, 2.24) is 19.6 Å². The highest BCUT2D eigenvalue weighted by molar-refractivity contribution is 6.45. The van der Waals surface area contributed by atoms with Crippen molar-refractivity contribution in [2.24, 2.45) is 0 Å². The summed E-state index contributed by atoms with van der Waals surface area (Å²) in [5.41, 5.74) is 6.76. The third-order valence-corrected chi connectivity index (χ3v) is 27.7. The summed E-state index contributed by atoms with van der Waals surface area (Å²) in [4.78, 5) is 134. The molecule has 12 heteroatoms. The fraction of sp³-hybridized carbons (Fsp3) is 0.491. The van der Waals surface area contributed by atoms with Crippen molar-refractivity contribution >= 4 is 133 Å². The molecule has 0 aromatic heterocycles. The SMILES string of the molecule is CCCCCCC(CCCCCC)N1C(=O)c2ccc3c4ccc5c6c(cc(-c7cccc(-c8cc9c%10c(ccc%11c%12ccc%13c%14c(ccc(c8c%10%11)c%14%12)C(=O)N(C(CCCCCC)CCCCCC)C%13=O)C(=O)N(C(CCCCCC)CCCCCC)C9=O)c7)c(c7ccc(c2c37)C1=O)c64)C(=O)N(C(CCCCCC)CCCCCC)C5=O. The van der Waals surface area contributed by atoms with Crippen LogP contribution in [0.1, 0.15) is 395 Å². The van der Waals surface area contributed by atoms with Crippen molar-refractivity contribution < 1.29 is 38.4 Å². The Morgan fingerprint density at radius 1 is 0.186 bits per heavy atom. The molecule has 11 aromatic rings. The Bertz CT molecular complexity index is 5200. The smallest absolute Gasteiger partial charge is 0.261 e. The summed E-state index contributed by atoms with van der Waals surface area (Å²) in [5, 5.41) is 11.9. The van der Waals surface area contributed by atoms with Gasteiger partial charge in [-0.2, -0.15) is 0 Å². The lowest BCUT2D eigenvalue weighted by atomic mass is 9.78. The lowest BCUT2D eigenvalue weighted by molar-refractivity contribution is 0.0501. The Hall–Kier alpha value is -9.42. The molecule has 0 fully saturated rings. The summed E-state index contributed by atoms with van der Waals surface area (Å²) >= 11 is 0. The second kappa shape index (κ2) is 37.5. The summed E-state index contributed by atoms with van der Waals surface area (Å²) in [6.45, 7) is 17.6. The van der Waals surface area contributed by atoms with Crippen LogP contribution in [-0.2, 0) is 0 Å². The molecule has 15 rings (SSSR count). The average molecular weight is 1580 g/mol. The van der Waals surface area contributed by atoms with E-state index in [-0.39, 0.29) is 71.4 Å². The van der Waals surface area contributed by atoms with Crippen molar-refractivity contribution in [3.8, 4) is 22.3 Å². The van der Waals surface area contributed by atoms with Gasteiger partial charge in [0.15, 0.2) is 0 Å². The first-order chi connectivity index (χ1) is 57.7. The first kappa shape index (κ1) is 83.6. The molecule has 0 unspecified atom stereocenters. The maximum Gasteiger partial charge on any atom is 0.261 e. The van der Waals surface area contributed by atoms with Crippen LogP contribution < -0.4 is 0 Å². The van der Waals surface area contributed by atoms with Crippen LogP contribution in [0.3, 0.4) is 0 Å². The van der Waals surface area contributed by atoms with Crippen molar-refractivity contribution in [2.45, 2.75) is 336 Å². The Morgan fingerprint density at radius 3 is 0.619 bits per heavy atom. The van der Waals surface area contributed by atoms with Crippen LogP contribution in [0.2, 0.25) is 0 Å². The van der Waals surface area contributed by atoms with E-state index in [2.05, 4.69) is 85.7 Å². The number of benzene rings is 11. The van der Waals surface area contributed by atoms with E-state index in [4.69, 9.17) is 0 Å². The maximum absolute atomic E-state index is 16.4. The van der Waals surface area contributed by atoms with Gasteiger partial charge in [-0.15, -0.1) is 0 Å². The van der Waals surface area contributed by atoms with Gasteiger partial charge >= 0.3 is 0 Å². The van der Waals surface area contributed by atoms with E-state index in [1.165, 1.54) is 0 Å². The molecule has 4 aliphatic rings. The molecule has 0 atom stereocenters. The average Bonchev–Trinajstić information content (AvgIpc) is 0.685. The molecule has 0 radical (unpaired) electrons. The number of imide groups is 4. The summed E-state index contributed by atoms with van der Waals surface area (Å²) in [6, 6.07) is 35.1. The van der Waals surface area contributed by atoms with E-state index in [0.29, 0.717) is 91.7 Å². The molecule has 4 aliphatic heterocycles. The summed E-state index contributed by atoms with van der Waals surface area (Å²) < 4.78 is 0. The first-order valence-corrected chi connectivity index (χ1v) is 46.8. The zero-order valence-electron chi connectivity index (χ0n) is 72.0. The lowest BCUT2D eigenvalue weighted by Crippen LogP contribution is -2.47. The molecule has 0 saturated heterocycles. The number of fused-ring (bicyclic) bond motifs is 4. The van der Waals surface area contributed by atoms with Gasteiger partial charge in [0.2, 0.25) is 0 Å². The predicted molar refractivity (Wildman–Crippen MR) is 487 cm³/mol. The van der Waals surface area contributed by atoms with Crippen molar-refractivity contribution in [3.05, 3.63) is 154 Å². The van der Waals surface area contributed by atoms with Gasteiger partial charge in [0, 0.05) is 90.2 Å². The molecule has 12 nitrogen and oxygen atoms in total. The lowest BCUT2D eigenvalue weighted by Gasteiger charge is -2.36. The van der Waals surface area contributed by atoms with Crippen molar-refractivity contribution in [1.29, 1.82) is 0 Å². The van der Waals surface area contributed by atoms with Crippen LogP contribution in [0.15, 0.2) is 109 Å². The fourth-order valence-corrected chi connectivity index (χ4v) is 21.5. The molecule has 11 aromatic carbocycles. The summed E-state index contributed by atoms with van der Waals surface area (Å²) in [6.07, 6.45) is 38.5. The summed E-state index contributed by atoms with van der Waals surface area (Å²) in [7, 11) is 0. The molecule has 0 aliphatic carbocycles.